The Kier molecular flexibility index (Phi) is 5.75. The lowest BCUT2D eigenvalue weighted by Gasteiger charge is -2.23. The van der Waals surface area contributed by atoms with Gasteiger partial charge in [-0.2, -0.15) is 0 Å². The molecule has 2 rings (SSSR count). The number of rotatable bonds is 6. The van der Waals surface area contributed by atoms with E-state index in [2.05, 4.69) is 0 Å². The van der Waals surface area contributed by atoms with Gasteiger partial charge in [0.1, 0.15) is 0 Å². The fourth-order valence-corrected chi connectivity index (χ4v) is 3.64. The van der Waals surface area contributed by atoms with E-state index in [1.807, 2.05) is 6.92 Å². The summed E-state index contributed by atoms with van der Waals surface area (Å²) in [6.07, 6.45) is 0. The number of nitrogens with zero attached hydrogens (tertiary/aromatic N) is 1. The van der Waals surface area contributed by atoms with Crippen LogP contribution in [0.2, 0.25) is 0 Å². The number of hydrogen-bond donors (Lipinski definition) is 1. The predicted molar refractivity (Wildman–Crippen MR) is 94.4 cm³/mol. The molecule has 1 unspecified atom stereocenters. The summed E-state index contributed by atoms with van der Waals surface area (Å²) in [5, 5.41) is 0. The van der Waals surface area contributed by atoms with Gasteiger partial charge in [0, 0.05) is 25.2 Å². The van der Waals surface area contributed by atoms with Crippen molar-refractivity contribution in [1.29, 1.82) is 0 Å². The highest BCUT2D eigenvalue weighted by molar-refractivity contribution is 7.90. The van der Waals surface area contributed by atoms with E-state index in [0.717, 1.165) is 0 Å². The Hall–Kier alpha value is -2.18. The van der Waals surface area contributed by atoms with Crippen molar-refractivity contribution >= 4 is 15.7 Å². The summed E-state index contributed by atoms with van der Waals surface area (Å²) in [6.45, 7) is 2.23. The Labute approximate surface area is 143 Å². The third-order valence-electron chi connectivity index (χ3n) is 3.96. The maximum Gasteiger partial charge on any atom is 0.253 e. The van der Waals surface area contributed by atoms with Crippen molar-refractivity contribution in [2.24, 2.45) is 5.73 Å². The normalized spacial score (nSPS) is 12.6. The van der Waals surface area contributed by atoms with Gasteiger partial charge in [-0.1, -0.05) is 30.3 Å². The first kappa shape index (κ1) is 18.2. The van der Waals surface area contributed by atoms with Gasteiger partial charge in [-0.05, 0) is 36.8 Å². The van der Waals surface area contributed by atoms with Crippen molar-refractivity contribution in [3.63, 3.8) is 0 Å². The lowest BCUT2D eigenvalue weighted by molar-refractivity contribution is 0.0748. The van der Waals surface area contributed by atoms with E-state index < -0.39 is 9.84 Å². The van der Waals surface area contributed by atoms with E-state index >= 15 is 0 Å². The van der Waals surface area contributed by atoms with Crippen LogP contribution in [0.4, 0.5) is 0 Å². The fourth-order valence-electron chi connectivity index (χ4n) is 2.29. The number of carbonyl (C=O) groups is 1. The highest BCUT2D eigenvalue weighted by Crippen LogP contribution is 2.17. The highest BCUT2D eigenvalue weighted by atomic mass is 32.2. The van der Waals surface area contributed by atoms with Crippen molar-refractivity contribution in [3.8, 4) is 0 Å². The minimum atomic E-state index is -3.44. The van der Waals surface area contributed by atoms with Gasteiger partial charge in [-0.15, -0.1) is 0 Å². The van der Waals surface area contributed by atoms with Gasteiger partial charge in [-0.3, -0.25) is 4.79 Å². The van der Waals surface area contributed by atoms with Gasteiger partial charge in [0.15, 0.2) is 9.84 Å². The molecule has 6 heteroatoms. The molecular weight excluding hydrogens is 324 g/mol. The minimum absolute atomic E-state index is 0.0887. The molecule has 2 aromatic carbocycles. The average Bonchev–Trinajstić information content (AvgIpc) is 2.60. The van der Waals surface area contributed by atoms with Crippen molar-refractivity contribution in [1.82, 2.24) is 4.90 Å². The topological polar surface area (TPSA) is 80.5 Å². The molecule has 0 aliphatic rings. The summed E-state index contributed by atoms with van der Waals surface area (Å²) in [5.74, 6) is -0.319. The second kappa shape index (κ2) is 7.59. The Balaban J connectivity index is 2.24. The van der Waals surface area contributed by atoms with Crippen molar-refractivity contribution in [3.05, 3.63) is 65.7 Å². The number of likely N-dealkylation sites (N-methyl/N-ethyl adjacent to an activating group) is 1. The molecule has 1 amide bonds. The number of benzene rings is 2. The second-order valence-corrected chi connectivity index (χ2v) is 7.76. The largest absolute Gasteiger partial charge is 0.338 e. The standard InChI is InChI=1S/C18H22N2O3S/c1-14(12-19)20(2)18(21)16-8-6-7-15(11-16)13-24(22,23)17-9-4-3-5-10-17/h3-11,14H,12-13,19H2,1-2H3. The number of carbonyl (C=O) groups excluding carboxylic acids is 1. The van der Waals surface area contributed by atoms with Crippen LogP contribution < -0.4 is 5.73 Å². The van der Waals surface area contributed by atoms with Gasteiger partial charge in [-0.25, -0.2) is 8.42 Å². The lowest BCUT2D eigenvalue weighted by atomic mass is 10.1. The van der Waals surface area contributed by atoms with Gasteiger partial charge >= 0.3 is 0 Å². The van der Waals surface area contributed by atoms with Gasteiger partial charge in [0.25, 0.3) is 5.91 Å². The van der Waals surface area contributed by atoms with Gasteiger partial charge < -0.3 is 10.6 Å². The molecule has 0 fully saturated rings. The zero-order valence-corrected chi connectivity index (χ0v) is 14.7. The van der Waals surface area contributed by atoms with Crippen LogP contribution in [0.3, 0.4) is 0 Å². The molecule has 24 heavy (non-hydrogen) atoms. The molecule has 0 saturated heterocycles. The molecule has 0 heterocycles. The lowest BCUT2D eigenvalue weighted by Crippen LogP contribution is -2.39. The average molecular weight is 346 g/mol. The molecule has 0 aliphatic heterocycles. The van der Waals surface area contributed by atoms with Crippen molar-refractivity contribution < 1.29 is 13.2 Å². The van der Waals surface area contributed by atoms with Crippen molar-refractivity contribution in [2.45, 2.75) is 23.6 Å². The number of nitrogens with two attached hydrogens (primary N) is 1. The molecule has 0 radical (unpaired) electrons. The number of sulfone groups is 1. The zero-order chi connectivity index (χ0) is 17.7. The van der Waals surface area contributed by atoms with Crippen molar-refractivity contribution in [2.75, 3.05) is 13.6 Å². The second-order valence-electron chi connectivity index (χ2n) is 5.77. The smallest absolute Gasteiger partial charge is 0.253 e. The fraction of sp³-hybridized carbons (Fsp3) is 0.278. The molecule has 1 atom stereocenters. The molecule has 0 saturated carbocycles. The molecule has 0 aliphatic carbocycles. The Morgan fingerprint density at radius 3 is 2.42 bits per heavy atom. The predicted octanol–water partition coefficient (Wildman–Crippen LogP) is 2.08. The maximum absolute atomic E-state index is 12.5. The minimum Gasteiger partial charge on any atom is -0.338 e. The van der Waals surface area contributed by atoms with Crippen LogP contribution in [-0.4, -0.2) is 38.9 Å². The highest BCUT2D eigenvalue weighted by Gasteiger charge is 2.19. The Bertz CT molecular complexity index is 804. The summed E-state index contributed by atoms with van der Waals surface area (Å²) in [4.78, 5) is 14.3. The third kappa shape index (κ3) is 4.21. The molecule has 128 valence electrons. The van der Waals surface area contributed by atoms with Crippen LogP contribution in [0.25, 0.3) is 0 Å². The van der Waals surface area contributed by atoms with E-state index in [0.29, 0.717) is 17.7 Å². The van der Waals surface area contributed by atoms with E-state index in [1.165, 1.54) is 0 Å². The Morgan fingerprint density at radius 1 is 1.12 bits per heavy atom. The number of amides is 1. The van der Waals surface area contributed by atoms with Crippen LogP contribution in [0.1, 0.15) is 22.8 Å². The van der Waals surface area contributed by atoms with E-state index in [9.17, 15) is 13.2 Å². The van der Waals surface area contributed by atoms with Crippen LogP contribution in [0.15, 0.2) is 59.5 Å². The quantitative estimate of drug-likeness (QED) is 0.868. The van der Waals surface area contributed by atoms with E-state index in [-0.39, 0.29) is 22.6 Å². The molecule has 0 spiro atoms. The number of hydrogen-bond acceptors (Lipinski definition) is 4. The first-order valence-electron chi connectivity index (χ1n) is 7.69. The molecule has 2 aromatic rings. The first-order chi connectivity index (χ1) is 11.3. The zero-order valence-electron chi connectivity index (χ0n) is 13.8. The Morgan fingerprint density at radius 2 is 1.79 bits per heavy atom. The van der Waals surface area contributed by atoms with Gasteiger partial charge in [0.2, 0.25) is 0 Å². The van der Waals surface area contributed by atoms with Crippen LogP contribution >= 0.6 is 0 Å². The van der Waals surface area contributed by atoms with E-state index in [4.69, 9.17) is 5.73 Å². The SMILES string of the molecule is CC(CN)N(C)C(=O)c1cccc(CS(=O)(=O)c2ccccc2)c1. The van der Waals surface area contributed by atoms with Crippen LogP contribution in [0, 0.1) is 0 Å². The summed E-state index contributed by atoms with van der Waals surface area (Å²) in [7, 11) is -1.75. The molecule has 2 N–H and O–H groups in total. The monoisotopic (exact) mass is 346 g/mol. The first-order valence-corrected chi connectivity index (χ1v) is 9.34. The summed E-state index contributed by atoms with van der Waals surface area (Å²) in [6, 6.07) is 14.9. The summed E-state index contributed by atoms with van der Waals surface area (Å²) in [5.41, 5.74) is 6.63. The third-order valence-corrected chi connectivity index (χ3v) is 5.66. The van der Waals surface area contributed by atoms with Crippen LogP contribution in [-0.2, 0) is 15.6 Å². The molecular formula is C18H22N2O3S. The molecule has 0 bridgehead atoms. The maximum atomic E-state index is 12.5. The summed E-state index contributed by atoms with van der Waals surface area (Å²) < 4.78 is 24.9. The summed E-state index contributed by atoms with van der Waals surface area (Å²) >= 11 is 0. The molecule has 0 aromatic heterocycles. The van der Waals surface area contributed by atoms with E-state index in [1.54, 1.807) is 66.5 Å². The molecule has 5 nitrogen and oxygen atoms in total. The van der Waals surface area contributed by atoms with Crippen LogP contribution in [0.5, 0.6) is 0 Å². The van der Waals surface area contributed by atoms with Gasteiger partial charge in [0.05, 0.1) is 10.6 Å².